The average molecular weight is 412 g/mol. The molecule has 0 radical (unpaired) electrons. The Labute approximate surface area is 171 Å². The molecule has 146 valence electrons. The molecule has 0 unspecified atom stereocenters. The zero-order valence-electron chi connectivity index (χ0n) is 14.9. The molecule has 2 aromatic carbocycles. The van der Waals surface area contributed by atoms with Crippen LogP contribution in [0.2, 0.25) is 0 Å². The predicted molar refractivity (Wildman–Crippen MR) is 111 cm³/mol. The van der Waals surface area contributed by atoms with Gasteiger partial charge in [-0.1, -0.05) is 42.5 Å². The van der Waals surface area contributed by atoms with Crippen molar-refractivity contribution in [3.05, 3.63) is 78.1 Å². The number of hydrogen-bond donors (Lipinski definition) is 1. The van der Waals surface area contributed by atoms with E-state index in [1.165, 1.54) is 11.6 Å². The Morgan fingerprint density at radius 2 is 1.67 bits per heavy atom. The summed E-state index contributed by atoms with van der Waals surface area (Å²) in [6, 6.07) is 16.9. The number of hydrogen-bond acceptors (Lipinski definition) is 4. The van der Waals surface area contributed by atoms with E-state index in [1.54, 1.807) is 24.4 Å². The molecular formula is C20H24Cl2FN3O. The minimum atomic E-state index is -0.312. The molecule has 4 nitrogen and oxygen atoms in total. The summed E-state index contributed by atoms with van der Waals surface area (Å²) in [4.78, 5) is 6.49. The van der Waals surface area contributed by atoms with Crippen LogP contribution in [-0.4, -0.2) is 29.5 Å². The monoisotopic (exact) mass is 411 g/mol. The number of nitrogens with two attached hydrogens (primary N) is 1. The van der Waals surface area contributed by atoms with Gasteiger partial charge in [0.15, 0.2) is 5.76 Å². The van der Waals surface area contributed by atoms with Crippen molar-refractivity contribution in [3.63, 3.8) is 0 Å². The molecule has 3 rings (SSSR count). The Kier molecular flexibility index (Phi) is 10.0. The van der Waals surface area contributed by atoms with E-state index in [9.17, 15) is 4.39 Å². The van der Waals surface area contributed by atoms with Gasteiger partial charge in [0.05, 0.1) is 18.3 Å². The fourth-order valence-electron chi connectivity index (χ4n) is 2.74. The summed E-state index contributed by atoms with van der Waals surface area (Å²) in [6.45, 7) is 2.73. The van der Waals surface area contributed by atoms with Crippen LogP contribution >= 0.6 is 24.8 Å². The number of aromatic nitrogens is 1. The van der Waals surface area contributed by atoms with E-state index in [0.29, 0.717) is 30.3 Å². The van der Waals surface area contributed by atoms with Crippen molar-refractivity contribution in [1.29, 1.82) is 0 Å². The zero-order valence-corrected chi connectivity index (χ0v) is 16.5. The smallest absolute Gasteiger partial charge is 0.209 e. The summed E-state index contributed by atoms with van der Waals surface area (Å²) in [5, 5.41) is 0. The third kappa shape index (κ3) is 6.63. The molecular weight excluding hydrogens is 388 g/mol. The zero-order chi connectivity index (χ0) is 17.5. The maximum absolute atomic E-state index is 13.9. The number of nitrogens with zero attached hydrogens (tertiary/aromatic N) is 2. The van der Waals surface area contributed by atoms with E-state index in [2.05, 4.69) is 22.0 Å². The molecule has 0 fully saturated rings. The van der Waals surface area contributed by atoms with Gasteiger partial charge in [-0.3, -0.25) is 4.90 Å². The second-order valence-corrected chi connectivity index (χ2v) is 5.90. The minimum absolute atomic E-state index is 0. The largest absolute Gasteiger partial charge is 0.439 e. The van der Waals surface area contributed by atoms with E-state index >= 15 is 0 Å². The summed E-state index contributed by atoms with van der Waals surface area (Å²) < 4.78 is 19.6. The lowest BCUT2D eigenvalue weighted by Gasteiger charge is -2.19. The first-order valence-corrected chi connectivity index (χ1v) is 8.42. The molecule has 0 aliphatic rings. The molecule has 27 heavy (non-hydrogen) atoms. The Balaban J connectivity index is 0.00000182. The van der Waals surface area contributed by atoms with Gasteiger partial charge in [-0.15, -0.1) is 24.8 Å². The second kappa shape index (κ2) is 11.7. The molecule has 1 aromatic heterocycles. The van der Waals surface area contributed by atoms with E-state index in [1.807, 2.05) is 18.2 Å². The molecule has 0 spiro atoms. The van der Waals surface area contributed by atoms with E-state index < -0.39 is 0 Å². The van der Waals surface area contributed by atoms with Crippen molar-refractivity contribution >= 4 is 24.8 Å². The SMILES string of the molecule is Cl.Cl.NCCN(CCc1ccccc1)Cc1ncc(-c2ccccc2F)o1. The first-order valence-electron chi connectivity index (χ1n) is 8.42. The van der Waals surface area contributed by atoms with Crippen molar-refractivity contribution in [1.82, 2.24) is 9.88 Å². The fraction of sp³-hybridized carbons (Fsp3) is 0.250. The first kappa shape index (κ1) is 23.1. The molecule has 0 saturated heterocycles. The maximum Gasteiger partial charge on any atom is 0.209 e. The average Bonchev–Trinajstić information content (AvgIpc) is 3.09. The Hall–Kier alpha value is -1.92. The molecule has 0 atom stereocenters. The Bertz CT molecular complexity index is 799. The fourth-order valence-corrected chi connectivity index (χ4v) is 2.74. The number of oxazole rings is 1. The third-order valence-electron chi connectivity index (χ3n) is 4.06. The van der Waals surface area contributed by atoms with Gasteiger partial charge in [0, 0.05) is 19.6 Å². The molecule has 0 aliphatic heterocycles. The van der Waals surface area contributed by atoms with Crippen molar-refractivity contribution in [3.8, 4) is 11.3 Å². The van der Waals surface area contributed by atoms with Crippen molar-refractivity contribution < 1.29 is 8.81 Å². The normalized spacial score (nSPS) is 10.3. The third-order valence-corrected chi connectivity index (χ3v) is 4.06. The van der Waals surface area contributed by atoms with Crippen LogP contribution in [0.4, 0.5) is 4.39 Å². The van der Waals surface area contributed by atoms with Crippen LogP contribution in [0.1, 0.15) is 11.5 Å². The molecule has 2 N–H and O–H groups in total. The van der Waals surface area contributed by atoms with Crippen LogP contribution < -0.4 is 5.73 Å². The van der Waals surface area contributed by atoms with Crippen molar-refractivity contribution in [2.75, 3.05) is 19.6 Å². The molecule has 7 heteroatoms. The summed E-state index contributed by atoms with van der Waals surface area (Å²) >= 11 is 0. The number of halogens is 3. The van der Waals surface area contributed by atoms with Crippen LogP contribution in [0, 0.1) is 5.82 Å². The highest BCUT2D eigenvalue weighted by Gasteiger charge is 2.13. The lowest BCUT2D eigenvalue weighted by Crippen LogP contribution is -2.31. The van der Waals surface area contributed by atoms with Crippen molar-refractivity contribution in [2.24, 2.45) is 5.73 Å². The van der Waals surface area contributed by atoms with Gasteiger partial charge in [0.2, 0.25) is 5.89 Å². The molecule has 0 aliphatic carbocycles. The van der Waals surface area contributed by atoms with E-state index in [4.69, 9.17) is 10.2 Å². The highest BCUT2D eigenvalue weighted by molar-refractivity contribution is 5.85. The molecule has 0 bridgehead atoms. The van der Waals surface area contributed by atoms with Crippen LogP contribution in [0.15, 0.2) is 65.2 Å². The maximum atomic E-state index is 13.9. The van der Waals surface area contributed by atoms with Gasteiger partial charge >= 0.3 is 0 Å². The Morgan fingerprint density at radius 1 is 0.963 bits per heavy atom. The number of rotatable bonds is 8. The van der Waals surface area contributed by atoms with Gasteiger partial charge in [-0.2, -0.15) is 0 Å². The summed E-state index contributed by atoms with van der Waals surface area (Å²) in [5.74, 6) is 0.705. The van der Waals surface area contributed by atoms with Gasteiger partial charge < -0.3 is 10.2 Å². The summed E-state index contributed by atoms with van der Waals surface area (Å²) in [5.41, 5.74) is 7.43. The van der Waals surface area contributed by atoms with Gasteiger partial charge in [0.1, 0.15) is 5.82 Å². The summed E-state index contributed by atoms with van der Waals surface area (Å²) in [6.07, 6.45) is 2.51. The summed E-state index contributed by atoms with van der Waals surface area (Å²) in [7, 11) is 0. The van der Waals surface area contributed by atoms with Crippen molar-refractivity contribution in [2.45, 2.75) is 13.0 Å². The van der Waals surface area contributed by atoms with Gasteiger partial charge in [-0.25, -0.2) is 9.37 Å². The predicted octanol–water partition coefficient (Wildman–Crippen LogP) is 4.33. The second-order valence-electron chi connectivity index (χ2n) is 5.90. The van der Waals surface area contributed by atoms with Gasteiger partial charge in [-0.05, 0) is 24.1 Å². The molecule has 0 saturated carbocycles. The van der Waals surface area contributed by atoms with E-state index in [-0.39, 0.29) is 30.6 Å². The molecule has 3 aromatic rings. The highest BCUT2D eigenvalue weighted by atomic mass is 35.5. The lowest BCUT2D eigenvalue weighted by molar-refractivity contribution is 0.249. The van der Waals surface area contributed by atoms with Crippen LogP contribution in [0.5, 0.6) is 0 Å². The lowest BCUT2D eigenvalue weighted by atomic mass is 10.1. The van der Waals surface area contributed by atoms with Gasteiger partial charge in [0.25, 0.3) is 0 Å². The molecule has 0 amide bonds. The number of benzene rings is 2. The quantitative estimate of drug-likeness (QED) is 0.599. The topological polar surface area (TPSA) is 55.3 Å². The molecule has 1 heterocycles. The standard InChI is InChI=1S/C20H22FN3O.2ClH/c21-18-9-5-4-8-17(18)19-14-23-20(25-19)15-24(13-11-22)12-10-16-6-2-1-3-7-16;;/h1-9,14H,10-13,15,22H2;2*1H. The minimum Gasteiger partial charge on any atom is -0.439 e. The first-order chi connectivity index (χ1) is 12.3. The van der Waals surface area contributed by atoms with Crippen LogP contribution in [-0.2, 0) is 13.0 Å². The van der Waals surface area contributed by atoms with Crippen LogP contribution in [0.25, 0.3) is 11.3 Å². The van der Waals surface area contributed by atoms with Crippen LogP contribution in [0.3, 0.4) is 0 Å². The Morgan fingerprint density at radius 3 is 2.37 bits per heavy atom. The van der Waals surface area contributed by atoms with E-state index in [0.717, 1.165) is 19.5 Å². The highest BCUT2D eigenvalue weighted by Crippen LogP contribution is 2.23.